The molecule has 1 saturated carbocycles. The molecule has 4 rings (SSSR count). The number of hydrogen-bond donors (Lipinski definition) is 0. The Morgan fingerprint density at radius 1 is 1.24 bits per heavy atom. The van der Waals surface area contributed by atoms with Crippen LogP contribution in [0.1, 0.15) is 12.8 Å². The predicted molar refractivity (Wildman–Crippen MR) is 81.5 cm³/mol. The summed E-state index contributed by atoms with van der Waals surface area (Å²) in [5.41, 5.74) is 0.571. The summed E-state index contributed by atoms with van der Waals surface area (Å²) in [5.74, 6) is -1.40. The average Bonchev–Trinajstić information content (AvgIpc) is 3.25. The van der Waals surface area contributed by atoms with E-state index in [9.17, 15) is 8.78 Å². The Bertz CT molecular complexity index is 775. The Hall–Kier alpha value is -1.49. The van der Waals surface area contributed by atoms with E-state index in [2.05, 4.69) is 20.9 Å². The van der Waals surface area contributed by atoms with E-state index in [0.717, 1.165) is 23.9 Å². The molecule has 0 amide bonds. The summed E-state index contributed by atoms with van der Waals surface area (Å²) >= 11 is 3.55. The third-order valence-electron chi connectivity index (χ3n) is 4.45. The molecule has 2 unspecified atom stereocenters. The Morgan fingerprint density at radius 3 is 2.76 bits per heavy atom. The van der Waals surface area contributed by atoms with Crippen LogP contribution in [0.15, 0.2) is 54.4 Å². The van der Waals surface area contributed by atoms with E-state index >= 15 is 0 Å². The van der Waals surface area contributed by atoms with Gasteiger partial charge < -0.3 is 4.57 Å². The van der Waals surface area contributed by atoms with Crippen molar-refractivity contribution >= 4 is 27.0 Å². The highest BCUT2D eigenvalue weighted by Crippen LogP contribution is 2.56. The summed E-state index contributed by atoms with van der Waals surface area (Å²) < 4.78 is 30.7. The fourth-order valence-corrected chi connectivity index (χ4v) is 4.27. The minimum Gasteiger partial charge on any atom is -0.316 e. The Kier molecular flexibility index (Phi) is 2.83. The minimum atomic E-state index is -1.05. The van der Waals surface area contributed by atoms with Gasteiger partial charge in [-0.15, -0.1) is 0 Å². The third kappa shape index (κ3) is 1.70. The number of fused-ring (bicyclic) bond motifs is 1. The van der Waals surface area contributed by atoms with Gasteiger partial charge in [-0.2, -0.15) is 0 Å². The minimum absolute atomic E-state index is 0.0789. The molecule has 5 heteroatoms. The number of rotatable bonds is 2. The maximum Gasteiger partial charge on any atom is 0.163 e. The molecule has 0 bridgehead atoms. The summed E-state index contributed by atoms with van der Waals surface area (Å²) in [6.45, 7) is 0. The molecule has 2 aliphatic carbocycles. The molecule has 2 aromatic rings. The van der Waals surface area contributed by atoms with Crippen LogP contribution in [-0.4, -0.2) is 14.4 Å². The molecule has 108 valence electrons. The number of allylic oxidation sites excluding steroid dienone is 4. The van der Waals surface area contributed by atoms with Gasteiger partial charge in [-0.25, -0.2) is 13.8 Å². The Labute approximate surface area is 129 Å². The van der Waals surface area contributed by atoms with Gasteiger partial charge in [-0.05, 0) is 37.0 Å². The van der Waals surface area contributed by atoms with Crippen LogP contribution >= 0.6 is 15.9 Å². The summed E-state index contributed by atoms with van der Waals surface area (Å²) in [4.78, 5) is 4.05. The van der Waals surface area contributed by atoms with Crippen molar-refractivity contribution in [2.24, 2.45) is 5.92 Å². The number of aromatic nitrogens is 2. The number of para-hydroxylation sites is 2. The van der Waals surface area contributed by atoms with Gasteiger partial charge >= 0.3 is 0 Å². The molecule has 2 aliphatic rings. The third-order valence-corrected chi connectivity index (χ3v) is 5.45. The number of imidazole rings is 1. The lowest BCUT2D eigenvalue weighted by molar-refractivity contribution is 0.245. The molecule has 0 aliphatic heterocycles. The van der Waals surface area contributed by atoms with E-state index in [0.29, 0.717) is 0 Å². The topological polar surface area (TPSA) is 17.8 Å². The molecule has 0 N–H and O–H groups in total. The molecule has 21 heavy (non-hydrogen) atoms. The molecular formula is C16H13BrF2N2. The van der Waals surface area contributed by atoms with Crippen LogP contribution in [-0.2, 0) is 5.54 Å². The van der Waals surface area contributed by atoms with Gasteiger partial charge in [0.25, 0.3) is 0 Å². The normalized spacial score (nSPS) is 29.4. The molecule has 1 aromatic carbocycles. The lowest BCUT2D eigenvalue weighted by atomic mass is 9.83. The van der Waals surface area contributed by atoms with E-state index in [1.807, 2.05) is 24.3 Å². The van der Waals surface area contributed by atoms with Crippen molar-refractivity contribution in [3.63, 3.8) is 0 Å². The van der Waals surface area contributed by atoms with Gasteiger partial charge in [-0.1, -0.05) is 34.1 Å². The van der Waals surface area contributed by atoms with Crippen molar-refractivity contribution in [3.05, 3.63) is 54.4 Å². The largest absolute Gasteiger partial charge is 0.316 e. The maximum atomic E-state index is 14.9. The lowest BCUT2D eigenvalue weighted by Gasteiger charge is -2.39. The van der Waals surface area contributed by atoms with Gasteiger partial charge in [0.2, 0.25) is 0 Å². The lowest BCUT2D eigenvalue weighted by Crippen LogP contribution is -2.45. The first kappa shape index (κ1) is 13.2. The van der Waals surface area contributed by atoms with Crippen LogP contribution in [0.25, 0.3) is 11.0 Å². The second-order valence-electron chi connectivity index (χ2n) is 5.63. The number of hydrogen-bond acceptors (Lipinski definition) is 1. The SMILES string of the molecule is FC1=C(F)C(C2CC2)(n2cnc3ccccc32)C(Br)C=C1. The molecule has 0 radical (unpaired) electrons. The first-order valence-electron chi connectivity index (χ1n) is 6.96. The van der Waals surface area contributed by atoms with Crippen LogP contribution in [0.2, 0.25) is 0 Å². The van der Waals surface area contributed by atoms with E-state index in [4.69, 9.17) is 0 Å². The molecule has 2 nitrogen and oxygen atoms in total. The number of benzene rings is 1. The van der Waals surface area contributed by atoms with Crippen LogP contribution in [0.4, 0.5) is 8.78 Å². The highest BCUT2D eigenvalue weighted by molar-refractivity contribution is 9.09. The fourth-order valence-electron chi connectivity index (χ4n) is 3.32. The molecular weight excluding hydrogens is 338 g/mol. The number of halogens is 3. The molecule has 0 spiro atoms. The Morgan fingerprint density at radius 2 is 2.00 bits per heavy atom. The number of alkyl halides is 1. The monoisotopic (exact) mass is 350 g/mol. The second kappa shape index (κ2) is 4.50. The van der Waals surface area contributed by atoms with Crippen LogP contribution in [0.3, 0.4) is 0 Å². The average molecular weight is 351 g/mol. The molecule has 2 atom stereocenters. The summed E-state index contributed by atoms with van der Waals surface area (Å²) in [7, 11) is 0. The smallest absolute Gasteiger partial charge is 0.163 e. The Balaban J connectivity index is 2.03. The predicted octanol–water partition coefficient (Wildman–Crippen LogP) is 4.63. The summed E-state index contributed by atoms with van der Waals surface area (Å²) in [6, 6.07) is 7.56. The molecule has 1 aromatic heterocycles. The van der Waals surface area contributed by atoms with E-state index < -0.39 is 17.2 Å². The highest BCUT2D eigenvalue weighted by atomic mass is 79.9. The number of nitrogens with zero attached hydrogens (tertiary/aromatic N) is 2. The zero-order chi connectivity index (χ0) is 14.6. The fraction of sp³-hybridized carbons (Fsp3) is 0.312. The molecule has 0 saturated heterocycles. The zero-order valence-electron chi connectivity index (χ0n) is 11.1. The van der Waals surface area contributed by atoms with E-state index in [-0.39, 0.29) is 10.7 Å². The van der Waals surface area contributed by atoms with Crippen molar-refractivity contribution in [1.29, 1.82) is 0 Å². The van der Waals surface area contributed by atoms with Crippen LogP contribution < -0.4 is 0 Å². The molecule has 1 heterocycles. The van der Waals surface area contributed by atoms with Crippen LogP contribution in [0.5, 0.6) is 0 Å². The van der Waals surface area contributed by atoms with Gasteiger partial charge in [0.1, 0.15) is 5.54 Å². The van der Waals surface area contributed by atoms with Crippen molar-refractivity contribution in [3.8, 4) is 0 Å². The highest BCUT2D eigenvalue weighted by Gasteiger charge is 2.56. The maximum absolute atomic E-state index is 14.9. The summed E-state index contributed by atoms with van der Waals surface area (Å²) in [6.07, 6.45) is 6.30. The second-order valence-corrected chi connectivity index (χ2v) is 6.61. The van der Waals surface area contributed by atoms with Gasteiger partial charge in [-0.3, -0.25) is 0 Å². The summed E-state index contributed by atoms with van der Waals surface area (Å²) in [5, 5.41) is 0. The van der Waals surface area contributed by atoms with Crippen molar-refractivity contribution in [1.82, 2.24) is 9.55 Å². The quantitative estimate of drug-likeness (QED) is 0.722. The van der Waals surface area contributed by atoms with Crippen molar-refractivity contribution in [2.45, 2.75) is 23.2 Å². The van der Waals surface area contributed by atoms with E-state index in [1.54, 1.807) is 17.0 Å². The van der Waals surface area contributed by atoms with Crippen molar-refractivity contribution < 1.29 is 8.78 Å². The van der Waals surface area contributed by atoms with E-state index in [1.165, 1.54) is 6.08 Å². The van der Waals surface area contributed by atoms with Gasteiger partial charge in [0.05, 0.1) is 22.2 Å². The standard InChI is InChI=1S/C16H13BrF2N2/c17-14-8-7-11(18)15(19)16(14,10-5-6-10)21-9-20-12-3-1-2-4-13(12)21/h1-4,7-10,14H,5-6H2. The zero-order valence-corrected chi connectivity index (χ0v) is 12.7. The van der Waals surface area contributed by atoms with Gasteiger partial charge in [0, 0.05) is 0 Å². The van der Waals surface area contributed by atoms with Gasteiger partial charge in [0.15, 0.2) is 11.7 Å². The first-order valence-corrected chi connectivity index (χ1v) is 7.88. The molecule has 1 fully saturated rings. The first-order chi connectivity index (χ1) is 10.2. The van der Waals surface area contributed by atoms with Crippen LogP contribution in [0, 0.1) is 5.92 Å². The van der Waals surface area contributed by atoms with Crippen molar-refractivity contribution in [2.75, 3.05) is 0 Å².